The monoisotopic (exact) mass is 377 g/mol. The molecule has 136 valence electrons. The van der Waals surface area contributed by atoms with E-state index in [0.29, 0.717) is 0 Å². The molecule has 0 unspecified atom stereocenters. The summed E-state index contributed by atoms with van der Waals surface area (Å²) in [6.07, 6.45) is 5.53. The van der Waals surface area contributed by atoms with Crippen molar-refractivity contribution in [3.63, 3.8) is 0 Å². The van der Waals surface area contributed by atoms with E-state index in [1.165, 1.54) is 56.3 Å². The van der Waals surface area contributed by atoms with E-state index in [1.807, 2.05) is 0 Å². The van der Waals surface area contributed by atoms with Gasteiger partial charge in [0.25, 0.3) is 0 Å². The third-order valence-corrected chi connectivity index (χ3v) is 4.72. The molecule has 0 bridgehead atoms. The van der Waals surface area contributed by atoms with E-state index in [4.69, 9.17) is 0 Å². The Morgan fingerprint density at radius 2 is 0.636 bits per heavy atom. The lowest BCUT2D eigenvalue weighted by Gasteiger charge is -2.41. The number of nitrogens with zero attached hydrogens (tertiary/aromatic N) is 1. The van der Waals surface area contributed by atoms with E-state index in [0.717, 1.165) is 23.7 Å². The first-order valence-electron chi connectivity index (χ1n) is 9.52. The molecular formula is C20H44BrN. The Balaban J connectivity index is 0. The van der Waals surface area contributed by atoms with Crippen LogP contribution in [-0.2, 0) is 0 Å². The van der Waals surface area contributed by atoms with E-state index in [1.54, 1.807) is 0 Å². The van der Waals surface area contributed by atoms with Crippen molar-refractivity contribution in [1.29, 1.82) is 0 Å². The maximum atomic E-state index is 2.38. The lowest BCUT2D eigenvalue weighted by atomic mass is 10.0. The topological polar surface area (TPSA) is 0 Å². The van der Waals surface area contributed by atoms with Gasteiger partial charge in [0.05, 0.1) is 26.2 Å². The van der Waals surface area contributed by atoms with Gasteiger partial charge < -0.3 is 21.5 Å². The molecule has 0 aromatic rings. The van der Waals surface area contributed by atoms with E-state index in [9.17, 15) is 0 Å². The number of quaternary nitrogens is 1. The minimum atomic E-state index is 0. The number of halogens is 1. The first-order chi connectivity index (χ1) is 9.67. The predicted molar refractivity (Wildman–Crippen MR) is 97.5 cm³/mol. The Morgan fingerprint density at radius 3 is 0.773 bits per heavy atom. The number of hydrogen-bond acceptors (Lipinski definition) is 0. The molecule has 0 radical (unpaired) electrons. The molecule has 1 nitrogen and oxygen atoms in total. The normalized spacial score (nSPS) is 12.5. The van der Waals surface area contributed by atoms with Gasteiger partial charge in [0.1, 0.15) is 0 Å². The lowest BCUT2D eigenvalue weighted by molar-refractivity contribution is -0.930. The average molecular weight is 378 g/mol. The molecule has 0 rings (SSSR count). The molecule has 0 saturated carbocycles. The molecule has 0 saturated heterocycles. The molecule has 0 aromatic heterocycles. The second kappa shape index (κ2) is 12.8. The van der Waals surface area contributed by atoms with Gasteiger partial charge >= 0.3 is 0 Å². The smallest absolute Gasteiger partial charge is 0.0789 e. The largest absolute Gasteiger partial charge is 1.00 e. The summed E-state index contributed by atoms with van der Waals surface area (Å²) in [4.78, 5) is 0. The Morgan fingerprint density at radius 1 is 0.455 bits per heavy atom. The summed E-state index contributed by atoms with van der Waals surface area (Å²) in [5.74, 6) is 3.33. The van der Waals surface area contributed by atoms with E-state index < -0.39 is 0 Å². The highest BCUT2D eigenvalue weighted by molar-refractivity contribution is 4.56. The zero-order chi connectivity index (χ0) is 16.5. The van der Waals surface area contributed by atoms with Gasteiger partial charge in [-0.25, -0.2) is 0 Å². The SMILES string of the molecule is CC(C)CC[N+](CCC(C)C)(CCC(C)C)CCC(C)C.[Br-]. The Bertz CT molecular complexity index is 193. The molecule has 0 N–H and O–H groups in total. The van der Waals surface area contributed by atoms with Crippen LogP contribution in [-0.4, -0.2) is 30.7 Å². The molecular weight excluding hydrogens is 334 g/mol. The molecule has 0 amide bonds. The van der Waals surface area contributed by atoms with Crippen LogP contribution in [0.4, 0.5) is 0 Å². The molecule has 2 heteroatoms. The van der Waals surface area contributed by atoms with Gasteiger partial charge in [-0.15, -0.1) is 0 Å². The van der Waals surface area contributed by atoms with Crippen LogP contribution in [0.5, 0.6) is 0 Å². The summed E-state index contributed by atoms with van der Waals surface area (Å²) in [6, 6.07) is 0. The third kappa shape index (κ3) is 12.9. The third-order valence-electron chi connectivity index (χ3n) is 4.72. The summed E-state index contributed by atoms with van der Waals surface area (Å²) in [5, 5.41) is 0. The van der Waals surface area contributed by atoms with E-state index in [2.05, 4.69) is 55.4 Å². The van der Waals surface area contributed by atoms with Gasteiger partial charge in [-0.3, -0.25) is 0 Å². The quantitative estimate of drug-likeness (QED) is 0.458. The molecule has 22 heavy (non-hydrogen) atoms. The highest BCUT2D eigenvalue weighted by Crippen LogP contribution is 2.21. The van der Waals surface area contributed by atoms with E-state index >= 15 is 0 Å². The molecule has 0 aliphatic heterocycles. The van der Waals surface area contributed by atoms with Gasteiger partial charge in [0, 0.05) is 0 Å². The van der Waals surface area contributed by atoms with E-state index in [-0.39, 0.29) is 17.0 Å². The minimum Gasteiger partial charge on any atom is -1.00 e. The second-order valence-corrected chi connectivity index (χ2v) is 8.97. The van der Waals surface area contributed by atoms with Crippen LogP contribution in [0.2, 0.25) is 0 Å². The second-order valence-electron chi connectivity index (χ2n) is 8.97. The zero-order valence-corrected chi connectivity index (χ0v) is 18.4. The van der Waals surface area contributed by atoms with Gasteiger partial charge in [-0.2, -0.15) is 0 Å². The number of rotatable bonds is 12. The van der Waals surface area contributed by atoms with Crippen LogP contribution in [0.15, 0.2) is 0 Å². The molecule has 0 fully saturated rings. The van der Waals surface area contributed by atoms with Crippen molar-refractivity contribution >= 4 is 0 Å². The van der Waals surface area contributed by atoms with Crippen molar-refractivity contribution in [3.05, 3.63) is 0 Å². The average Bonchev–Trinajstić information content (AvgIpc) is 2.36. The van der Waals surface area contributed by atoms with Crippen LogP contribution in [0.1, 0.15) is 81.1 Å². The summed E-state index contributed by atoms with van der Waals surface area (Å²) >= 11 is 0. The Kier molecular flexibility index (Phi) is 14.4. The van der Waals surface area contributed by atoms with Gasteiger partial charge in [-0.05, 0) is 49.4 Å². The van der Waals surface area contributed by atoms with Gasteiger partial charge in [0.15, 0.2) is 0 Å². The Labute approximate surface area is 152 Å². The fraction of sp³-hybridized carbons (Fsp3) is 1.00. The Hall–Kier alpha value is 0.440. The maximum Gasteiger partial charge on any atom is 0.0789 e. The maximum absolute atomic E-state index is 2.38. The molecule has 0 aliphatic rings. The highest BCUT2D eigenvalue weighted by Gasteiger charge is 2.27. The minimum absolute atomic E-state index is 0. The molecule has 0 heterocycles. The summed E-state index contributed by atoms with van der Waals surface area (Å²) in [5.41, 5.74) is 0. The zero-order valence-electron chi connectivity index (χ0n) is 16.8. The molecule has 0 spiro atoms. The van der Waals surface area contributed by atoms with Crippen LogP contribution in [0.25, 0.3) is 0 Å². The van der Waals surface area contributed by atoms with Gasteiger partial charge in [-0.1, -0.05) is 55.4 Å². The van der Waals surface area contributed by atoms with Crippen LogP contribution in [0.3, 0.4) is 0 Å². The van der Waals surface area contributed by atoms with Crippen molar-refractivity contribution in [3.8, 4) is 0 Å². The van der Waals surface area contributed by atoms with Crippen LogP contribution in [0, 0.1) is 23.7 Å². The molecule has 0 aliphatic carbocycles. The van der Waals surface area contributed by atoms with Crippen molar-refractivity contribution in [2.45, 2.75) is 81.1 Å². The highest BCUT2D eigenvalue weighted by atomic mass is 79.9. The van der Waals surface area contributed by atoms with Crippen molar-refractivity contribution < 1.29 is 21.5 Å². The van der Waals surface area contributed by atoms with Crippen molar-refractivity contribution in [2.24, 2.45) is 23.7 Å². The summed E-state index contributed by atoms with van der Waals surface area (Å²) < 4.78 is 1.38. The fourth-order valence-electron chi connectivity index (χ4n) is 2.80. The fourth-order valence-corrected chi connectivity index (χ4v) is 2.80. The predicted octanol–water partition coefficient (Wildman–Crippen LogP) is 2.99. The van der Waals surface area contributed by atoms with Crippen molar-refractivity contribution in [1.82, 2.24) is 0 Å². The van der Waals surface area contributed by atoms with Crippen LogP contribution >= 0.6 is 0 Å². The number of hydrogen-bond donors (Lipinski definition) is 0. The lowest BCUT2D eigenvalue weighted by Crippen LogP contribution is -3.00. The van der Waals surface area contributed by atoms with Crippen molar-refractivity contribution in [2.75, 3.05) is 26.2 Å². The standard InChI is InChI=1S/C20H44N.BrH/c1-17(2)9-13-21(14-10-18(3)4,15-11-19(5)6)16-12-20(7)8;/h17-20H,9-16H2,1-8H3;1H/q+1;/p-1. The first kappa shape index (κ1) is 24.7. The molecule has 0 atom stereocenters. The summed E-state index contributed by atoms with van der Waals surface area (Å²) in [7, 11) is 0. The van der Waals surface area contributed by atoms with Crippen LogP contribution < -0.4 is 17.0 Å². The molecule has 0 aromatic carbocycles. The van der Waals surface area contributed by atoms with Gasteiger partial charge in [0.2, 0.25) is 0 Å². The summed E-state index contributed by atoms with van der Waals surface area (Å²) in [6.45, 7) is 24.6. The first-order valence-corrected chi connectivity index (χ1v) is 9.52.